The molecule has 1 aliphatic heterocycles. The molecule has 84 valence electrons. The molecule has 0 spiro atoms. The summed E-state index contributed by atoms with van der Waals surface area (Å²) in [7, 11) is 3.35. The van der Waals surface area contributed by atoms with Crippen LogP contribution in [0.3, 0.4) is 0 Å². The minimum Gasteiger partial charge on any atom is -0.376 e. The van der Waals surface area contributed by atoms with Crippen LogP contribution in [0.25, 0.3) is 0 Å². The first kappa shape index (κ1) is 11.9. The van der Waals surface area contributed by atoms with Crippen molar-refractivity contribution in [3.63, 3.8) is 0 Å². The molecule has 1 aliphatic rings. The standard InChI is InChI=1S/C10H20O4/c1-7(2)13-6-9-10(12-4)8(11-3)5-14-9/h7-10H,5-6H2,1-4H3/t8?,9-,10?/m1/s1. The Morgan fingerprint density at radius 1 is 1.29 bits per heavy atom. The molecule has 0 aliphatic carbocycles. The Kier molecular flexibility index (Phi) is 4.81. The van der Waals surface area contributed by atoms with Crippen molar-refractivity contribution < 1.29 is 18.9 Å². The van der Waals surface area contributed by atoms with Gasteiger partial charge >= 0.3 is 0 Å². The van der Waals surface area contributed by atoms with Gasteiger partial charge in [-0.2, -0.15) is 0 Å². The quantitative estimate of drug-likeness (QED) is 0.665. The van der Waals surface area contributed by atoms with Gasteiger partial charge in [0.1, 0.15) is 18.3 Å². The van der Waals surface area contributed by atoms with Crippen molar-refractivity contribution in [2.24, 2.45) is 0 Å². The van der Waals surface area contributed by atoms with Crippen molar-refractivity contribution in [2.45, 2.75) is 38.3 Å². The molecule has 0 aromatic rings. The zero-order valence-electron chi connectivity index (χ0n) is 9.36. The second-order valence-electron chi connectivity index (χ2n) is 3.73. The predicted octanol–water partition coefficient (Wildman–Crippen LogP) is 0.840. The fourth-order valence-corrected chi connectivity index (χ4v) is 1.58. The molecule has 4 heteroatoms. The van der Waals surface area contributed by atoms with Crippen molar-refractivity contribution in [2.75, 3.05) is 27.4 Å². The van der Waals surface area contributed by atoms with Crippen LogP contribution in [0, 0.1) is 0 Å². The van der Waals surface area contributed by atoms with E-state index in [0.717, 1.165) is 0 Å². The summed E-state index contributed by atoms with van der Waals surface area (Å²) in [6.07, 6.45) is 0.226. The van der Waals surface area contributed by atoms with Crippen molar-refractivity contribution in [3.8, 4) is 0 Å². The van der Waals surface area contributed by atoms with Crippen LogP contribution in [0.4, 0.5) is 0 Å². The monoisotopic (exact) mass is 204 g/mol. The number of rotatable bonds is 5. The molecule has 0 saturated carbocycles. The predicted molar refractivity (Wildman–Crippen MR) is 52.4 cm³/mol. The summed E-state index contributed by atoms with van der Waals surface area (Å²) in [6, 6.07) is 0. The van der Waals surface area contributed by atoms with Crippen molar-refractivity contribution >= 4 is 0 Å². The first-order valence-electron chi connectivity index (χ1n) is 4.97. The molecule has 2 unspecified atom stereocenters. The highest BCUT2D eigenvalue weighted by atomic mass is 16.6. The molecule has 0 bridgehead atoms. The first-order valence-corrected chi connectivity index (χ1v) is 4.97. The summed E-state index contributed by atoms with van der Waals surface area (Å²) in [6.45, 7) is 5.16. The fourth-order valence-electron chi connectivity index (χ4n) is 1.58. The average Bonchev–Trinajstić information content (AvgIpc) is 2.56. The molecule has 0 aromatic heterocycles. The van der Waals surface area contributed by atoms with E-state index in [2.05, 4.69) is 0 Å². The Labute approximate surface area is 85.5 Å². The summed E-state index contributed by atoms with van der Waals surface area (Å²) < 4.78 is 21.6. The molecule has 0 amide bonds. The van der Waals surface area contributed by atoms with E-state index in [1.807, 2.05) is 13.8 Å². The van der Waals surface area contributed by atoms with Gasteiger partial charge in [0.05, 0.1) is 19.3 Å². The minimum atomic E-state index is -0.0150. The topological polar surface area (TPSA) is 36.9 Å². The zero-order valence-corrected chi connectivity index (χ0v) is 9.36. The van der Waals surface area contributed by atoms with Gasteiger partial charge in [0.15, 0.2) is 0 Å². The lowest BCUT2D eigenvalue weighted by molar-refractivity contribution is -0.0638. The Morgan fingerprint density at radius 2 is 2.00 bits per heavy atom. The molecule has 0 aromatic carbocycles. The number of methoxy groups -OCH3 is 2. The van der Waals surface area contributed by atoms with E-state index in [-0.39, 0.29) is 24.4 Å². The highest BCUT2D eigenvalue weighted by Crippen LogP contribution is 2.20. The highest BCUT2D eigenvalue weighted by molar-refractivity contribution is 4.85. The summed E-state index contributed by atoms with van der Waals surface area (Å²) >= 11 is 0. The number of hydrogen-bond acceptors (Lipinski definition) is 4. The molecule has 1 fully saturated rings. The zero-order chi connectivity index (χ0) is 10.6. The molecular formula is C10H20O4. The van der Waals surface area contributed by atoms with Crippen LogP contribution in [-0.4, -0.2) is 51.8 Å². The van der Waals surface area contributed by atoms with Crippen molar-refractivity contribution in [1.29, 1.82) is 0 Å². The van der Waals surface area contributed by atoms with E-state index in [0.29, 0.717) is 13.2 Å². The van der Waals surface area contributed by atoms with Crippen LogP contribution in [0.1, 0.15) is 13.8 Å². The van der Waals surface area contributed by atoms with Crippen LogP contribution in [0.5, 0.6) is 0 Å². The number of hydrogen-bond donors (Lipinski definition) is 0. The van der Waals surface area contributed by atoms with Gasteiger partial charge in [0, 0.05) is 14.2 Å². The third-order valence-electron chi connectivity index (χ3n) is 2.38. The molecular weight excluding hydrogens is 184 g/mol. The van der Waals surface area contributed by atoms with Crippen LogP contribution in [0.2, 0.25) is 0 Å². The van der Waals surface area contributed by atoms with E-state index in [1.165, 1.54) is 0 Å². The van der Waals surface area contributed by atoms with Crippen molar-refractivity contribution in [1.82, 2.24) is 0 Å². The van der Waals surface area contributed by atoms with E-state index >= 15 is 0 Å². The van der Waals surface area contributed by atoms with E-state index in [4.69, 9.17) is 18.9 Å². The van der Waals surface area contributed by atoms with Gasteiger partial charge < -0.3 is 18.9 Å². The van der Waals surface area contributed by atoms with E-state index in [1.54, 1.807) is 14.2 Å². The van der Waals surface area contributed by atoms with E-state index in [9.17, 15) is 0 Å². The second-order valence-corrected chi connectivity index (χ2v) is 3.73. The number of ether oxygens (including phenoxy) is 4. The summed E-state index contributed by atoms with van der Waals surface area (Å²) in [4.78, 5) is 0. The Balaban J connectivity index is 2.37. The van der Waals surface area contributed by atoms with Gasteiger partial charge in [-0.05, 0) is 13.8 Å². The third-order valence-corrected chi connectivity index (χ3v) is 2.38. The van der Waals surface area contributed by atoms with Gasteiger partial charge in [0.2, 0.25) is 0 Å². The van der Waals surface area contributed by atoms with Crippen LogP contribution >= 0.6 is 0 Å². The highest BCUT2D eigenvalue weighted by Gasteiger charge is 2.37. The van der Waals surface area contributed by atoms with Crippen LogP contribution < -0.4 is 0 Å². The minimum absolute atomic E-state index is 0.00708. The summed E-state index contributed by atoms with van der Waals surface area (Å²) in [5.41, 5.74) is 0. The molecule has 0 radical (unpaired) electrons. The summed E-state index contributed by atoms with van der Waals surface area (Å²) in [5, 5.41) is 0. The van der Waals surface area contributed by atoms with Gasteiger partial charge in [0.25, 0.3) is 0 Å². The maximum absolute atomic E-state index is 5.54. The van der Waals surface area contributed by atoms with Crippen LogP contribution in [0.15, 0.2) is 0 Å². The second kappa shape index (κ2) is 5.66. The Morgan fingerprint density at radius 3 is 2.50 bits per heavy atom. The normalized spacial score (nSPS) is 32.8. The van der Waals surface area contributed by atoms with Gasteiger partial charge in [-0.25, -0.2) is 0 Å². The fraction of sp³-hybridized carbons (Fsp3) is 1.00. The SMILES string of the molecule is COC1CO[C@H](COC(C)C)C1OC. The molecule has 4 nitrogen and oxygen atoms in total. The Hall–Kier alpha value is -0.160. The molecule has 0 N–H and O–H groups in total. The molecule has 3 atom stereocenters. The first-order chi connectivity index (χ1) is 6.69. The lowest BCUT2D eigenvalue weighted by Crippen LogP contribution is -2.36. The Bertz CT molecular complexity index is 160. The maximum atomic E-state index is 5.54. The van der Waals surface area contributed by atoms with Crippen molar-refractivity contribution in [3.05, 3.63) is 0 Å². The third kappa shape index (κ3) is 2.92. The molecule has 14 heavy (non-hydrogen) atoms. The summed E-state index contributed by atoms with van der Waals surface area (Å²) in [5.74, 6) is 0. The molecule has 1 saturated heterocycles. The van der Waals surface area contributed by atoms with Gasteiger partial charge in [-0.15, -0.1) is 0 Å². The molecule has 1 rings (SSSR count). The van der Waals surface area contributed by atoms with E-state index < -0.39 is 0 Å². The largest absolute Gasteiger partial charge is 0.376 e. The molecule has 1 heterocycles. The lowest BCUT2D eigenvalue weighted by Gasteiger charge is -2.21. The maximum Gasteiger partial charge on any atom is 0.114 e. The smallest absolute Gasteiger partial charge is 0.114 e. The van der Waals surface area contributed by atoms with Crippen LogP contribution in [-0.2, 0) is 18.9 Å². The lowest BCUT2D eigenvalue weighted by atomic mass is 10.1. The average molecular weight is 204 g/mol. The van der Waals surface area contributed by atoms with Gasteiger partial charge in [-0.3, -0.25) is 0 Å². The van der Waals surface area contributed by atoms with Gasteiger partial charge in [-0.1, -0.05) is 0 Å².